The third kappa shape index (κ3) is 5.74. The molecule has 0 saturated heterocycles. The molecule has 0 aliphatic carbocycles. The summed E-state index contributed by atoms with van der Waals surface area (Å²) in [6, 6.07) is 11.0. The Morgan fingerprint density at radius 3 is 2.48 bits per heavy atom. The summed E-state index contributed by atoms with van der Waals surface area (Å²) in [7, 11) is 2.68. The Hall–Kier alpha value is -3.99. The fourth-order valence-electron chi connectivity index (χ4n) is 2.34. The molecule has 0 aliphatic heterocycles. The van der Waals surface area contributed by atoms with Gasteiger partial charge in [-0.3, -0.25) is 9.59 Å². The molecule has 2 amide bonds. The minimum absolute atomic E-state index is 0.0699. The number of nitrogens with one attached hydrogen (secondary N) is 2. The van der Waals surface area contributed by atoms with Crippen LogP contribution >= 0.6 is 0 Å². The molecule has 0 spiro atoms. The fraction of sp³-hybridized carbons (Fsp3) is 0.190. The number of ether oxygens (including phenoxy) is 3. The highest BCUT2D eigenvalue weighted by Gasteiger charge is 2.16. The quantitative estimate of drug-likeness (QED) is 0.522. The molecule has 2 aromatic rings. The molecular weight excluding hydrogens is 376 g/mol. The Labute approximate surface area is 168 Å². The van der Waals surface area contributed by atoms with E-state index in [9.17, 15) is 14.4 Å². The van der Waals surface area contributed by atoms with E-state index in [0.29, 0.717) is 11.4 Å². The molecule has 0 unspecified atom stereocenters. The van der Waals surface area contributed by atoms with Crippen LogP contribution in [0.25, 0.3) is 0 Å². The van der Waals surface area contributed by atoms with Gasteiger partial charge in [-0.05, 0) is 30.3 Å². The number of methoxy groups -OCH3 is 2. The Morgan fingerprint density at radius 1 is 1.03 bits per heavy atom. The Kier molecular flexibility index (Phi) is 7.62. The van der Waals surface area contributed by atoms with Gasteiger partial charge in [0.05, 0.1) is 32.0 Å². The second-order valence-electron chi connectivity index (χ2n) is 5.62. The molecule has 2 N–H and O–H groups in total. The molecule has 0 atom stereocenters. The van der Waals surface area contributed by atoms with Crippen molar-refractivity contribution in [2.24, 2.45) is 0 Å². The molecule has 29 heavy (non-hydrogen) atoms. The summed E-state index contributed by atoms with van der Waals surface area (Å²) in [6.45, 7) is -0.267. The maximum atomic E-state index is 12.7. The minimum Gasteiger partial charge on any atom is -0.493 e. The van der Waals surface area contributed by atoms with Gasteiger partial charge in [0.2, 0.25) is 0 Å². The van der Waals surface area contributed by atoms with Crippen molar-refractivity contribution >= 4 is 23.5 Å². The average Bonchev–Trinajstić information content (AvgIpc) is 2.75. The summed E-state index contributed by atoms with van der Waals surface area (Å²) in [5.41, 5.74) is 0.830. The second kappa shape index (κ2) is 10.4. The van der Waals surface area contributed by atoms with E-state index >= 15 is 0 Å². The monoisotopic (exact) mass is 396 g/mol. The lowest BCUT2D eigenvalue weighted by Crippen LogP contribution is -2.25. The summed E-state index contributed by atoms with van der Waals surface area (Å²) >= 11 is 0. The molecule has 0 saturated carbocycles. The maximum Gasteiger partial charge on any atom is 0.343 e. The van der Waals surface area contributed by atoms with Crippen molar-refractivity contribution in [2.45, 2.75) is 0 Å². The van der Waals surface area contributed by atoms with Gasteiger partial charge in [0, 0.05) is 5.56 Å². The SMILES string of the molecule is C#CCNC(=O)c1ccccc1NC(=O)c1ccc(OC)c(OCC(=O)OC)c1. The molecule has 8 nitrogen and oxygen atoms in total. The van der Waals surface area contributed by atoms with Crippen LogP contribution in [0.15, 0.2) is 42.5 Å². The zero-order valence-corrected chi connectivity index (χ0v) is 16.0. The van der Waals surface area contributed by atoms with Crippen molar-refractivity contribution < 1.29 is 28.6 Å². The molecule has 0 heterocycles. The van der Waals surface area contributed by atoms with Crippen LogP contribution in [0, 0.1) is 12.3 Å². The molecule has 0 aliphatic rings. The van der Waals surface area contributed by atoms with E-state index in [-0.39, 0.29) is 30.0 Å². The third-order valence-corrected chi connectivity index (χ3v) is 3.77. The summed E-state index contributed by atoms with van der Waals surface area (Å²) in [6.07, 6.45) is 5.15. The summed E-state index contributed by atoms with van der Waals surface area (Å²) in [5, 5.41) is 5.24. The van der Waals surface area contributed by atoms with Crippen LogP contribution in [-0.2, 0) is 9.53 Å². The molecular formula is C21H20N2O6. The number of terminal acetylenes is 1. The highest BCUT2D eigenvalue weighted by Crippen LogP contribution is 2.28. The molecule has 0 radical (unpaired) electrons. The van der Waals surface area contributed by atoms with Gasteiger partial charge in [-0.2, -0.15) is 0 Å². The number of amides is 2. The van der Waals surface area contributed by atoms with Gasteiger partial charge in [-0.25, -0.2) is 4.79 Å². The fourth-order valence-corrected chi connectivity index (χ4v) is 2.34. The highest BCUT2D eigenvalue weighted by molar-refractivity contribution is 6.09. The van der Waals surface area contributed by atoms with Gasteiger partial charge < -0.3 is 24.8 Å². The molecule has 0 bridgehead atoms. The van der Waals surface area contributed by atoms with Crippen molar-refractivity contribution in [2.75, 3.05) is 32.7 Å². The summed E-state index contributed by atoms with van der Waals surface area (Å²) < 4.78 is 15.1. The zero-order chi connectivity index (χ0) is 21.2. The van der Waals surface area contributed by atoms with E-state index in [2.05, 4.69) is 21.3 Å². The largest absolute Gasteiger partial charge is 0.493 e. The topological polar surface area (TPSA) is 103 Å². The lowest BCUT2D eigenvalue weighted by Gasteiger charge is -2.13. The highest BCUT2D eigenvalue weighted by atomic mass is 16.6. The molecule has 0 fully saturated rings. The van der Waals surface area contributed by atoms with E-state index in [1.54, 1.807) is 24.3 Å². The number of para-hydroxylation sites is 1. The Balaban J connectivity index is 2.22. The van der Waals surface area contributed by atoms with Crippen LogP contribution in [0.5, 0.6) is 11.5 Å². The van der Waals surface area contributed by atoms with Crippen LogP contribution in [-0.4, -0.2) is 45.2 Å². The van der Waals surface area contributed by atoms with E-state index in [1.165, 1.54) is 32.4 Å². The lowest BCUT2D eigenvalue weighted by molar-refractivity contribution is -0.142. The number of hydrogen-bond donors (Lipinski definition) is 2. The molecule has 150 valence electrons. The third-order valence-electron chi connectivity index (χ3n) is 3.77. The molecule has 2 rings (SSSR count). The smallest absolute Gasteiger partial charge is 0.343 e. The first kappa shape index (κ1) is 21.3. The van der Waals surface area contributed by atoms with Gasteiger partial charge in [0.15, 0.2) is 18.1 Å². The maximum absolute atomic E-state index is 12.7. The Morgan fingerprint density at radius 2 is 1.79 bits per heavy atom. The first-order chi connectivity index (χ1) is 14.0. The minimum atomic E-state index is -0.575. The van der Waals surface area contributed by atoms with E-state index < -0.39 is 17.8 Å². The molecule has 8 heteroatoms. The molecule has 0 aromatic heterocycles. The summed E-state index contributed by atoms with van der Waals surface area (Å²) in [5.74, 6) is 1.40. The normalized spacial score (nSPS) is 9.69. The van der Waals surface area contributed by atoms with Crippen LogP contribution in [0.4, 0.5) is 5.69 Å². The van der Waals surface area contributed by atoms with Crippen molar-refractivity contribution in [1.29, 1.82) is 0 Å². The number of rotatable bonds is 8. The van der Waals surface area contributed by atoms with Gasteiger partial charge in [0.25, 0.3) is 11.8 Å². The predicted octanol–water partition coefficient (Wildman–Crippen LogP) is 1.86. The standard InChI is InChI=1S/C21H20N2O6/c1-4-11-22-21(26)15-7-5-6-8-16(15)23-20(25)14-9-10-17(27-2)18(12-14)29-13-19(24)28-3/h1,5-10,12H,11,13H2,2-3H3,(H,22,26)(H,23,25). The number of esters is 1. The predicted molar refractivity (Wildman–Crippen MR) is 106 cm³/mol. The summed E-state index contributed by atoms with van der Waals surface area (Å²) in [4.78, 5) is 36.2. The first-order valence-corrected chi connectivity index (χ1v) is 8.49. The number of carbonyl (C=O) groups excluding carboxylic acids is 3. The Bertz CT molecular complexity index is 948. The van der Waals surface area contributed by atoms with Crippen molar-refractivity contribution in [3.63, 3.8) is 0 Å². The second-order valence-corrected chi connectivity index (χ2v) is 5.62. The number of anilines is 1. The van der Waals surface area contributed by atoms with Gasteiger partial charge in [-0.15, -0.1) is 6.42 Å². The van der Waals surface area contributed by atoms with E-state index in [1.807, 2.05) is 0 Å². The van der Waals surface area contributed by atoms with E-state index in [0.717, 1.165) is 0 Å². The number of hydrogen-bond acceptors (Lipinski definition) is 6. The van der Waals surface area contributed by atoms with Crippen LogP contribution in [0.2, 0.25) is 0 Å². The van der Waals surface area contributed by atoms with Gasteiger partial charge in [-0.1, -0.05) is 18.1 Å². The van der Waals surface area contributed by atoms with Crippen molar-refractivity contribution in [3.8, 4) is 23.8 Å². The molecule has 2 aromatic carbocycles. The van der Waals surface area contributed by atoms with E-state index in [4.69, 9.17) is 15.9 Å². The average molecular weight is 396 g/mol. The van der Waals surface area contributed by atoms with Crippen LogP contribution in [0.1, 0.15) is 20.7 Å². The van der Waals surface area contributed by atoms with Crippen LogP contribution in [0.3, 0.4) is 0 Å². The van der Waals surface area contributed by atoms with Crippen molar-refractivity contribution in [1.82, 2.24) is 5.32 Å². The van der Waals surface area contributed by atoms with Crippen LogP contribution < -0.4 is 20.1 Å². The number of benzene rings is 2. The van der Waals surface area contributed by atoms with Gasteiger partial charge >= 0.3 is 5.97 Å². The number of carbonyl (C=O) groups is 3. The first-order valence-electron chi connectivity index (χ1n) is 8.49. The lowest BCUT2D eigenvalue weighted by atomic mass is 10.1. The van der Waals surface area contributed by atoms with Crippen molar-refractivity contribution in [3.05, 3.63) is 53.6 Å². The zero-order valence-electron chi connectivity index (χ0n) is 16.0. The van der Waals surface area contributed by atoms with Gasteiger partial charge in [0.1, 0.15) is 0 Å².